The lowest BCUT2D eigenvalue weighted by atomic mass is 9.90. The van der Waals surface area contributed by atoms with Crippen molar-refractivity contribution in [1.29, 1.82) is 0 Å². The van der Waals surface area contributed by atoms with Crippen LogP contribution in [0.2, 0.25) is 0 Å². The molecule has 1 atom stereocenters. The molecule has 2 aromatic carbocycles. The third-order valence-corrected chi connectivity index (χ3v) is 9.18. The number of primary amides is 1. The summed E-state index contributed by atoms with van der Waals surface area (Å²) in [6.07, 6.45) is 4.35. The number of amides is 1. The van der Waals surface area contributed by atoms with Gasteiger partial charge in [0.25, 0.3) is 5.56 Å². The number of ether oxygens (including phenoxy) is 2. The highest BCUT2D eigenvalue weighted by molar-refractivity contribution is 6.05. The molecule has 0 aliphatic carbocycles. The second-order valence-electron chi connectivity index (χ2n) is 12.3. The van der Waals surface area contributed by atoms with Gasteiger partial charge in [-0.2, -0.15) is 13.2 Å². The Labute approximate surface area is 290 Å². The quantitative estimate of drug-likeness (QED) is 0.215. The van der Waals surface area contributed by atoms with Crippen LogP contribution in [0.5, 0.6) is 0 Å². The SMILES string of the molecule is C#CO.CC1N(c2cc(-c3cccc(C(N)=O)c3)c[nH]c2=O)CCOC12COC2.FC(F)(F)c1nc(N2CCCC2)c2oc3ccccc3c2n1. The molecule has 0 bridgehead atoms. The number of carbonyl (C=O) groups excluding carboxylic acids is 1. The van der Waals surface area contributed by atoms with E-state index in [9.17, 15) is 22.8 Å². The fourth-order valence-electron chi connectivity index (χ4n) is 6.45. The van der Waals surface area contributed by atoms with Gasteiger partial charge < -0.3 is 39.5 Å². The number of furan rings is 1. The first-order chi connectivity index (χ1) is 24.5. The van der Waals surface area contributed by atoms with Gasteiger partial charge in [-0.05, 0) is 55.7 Å². The van der Waals surface area contributed by atoms with Crippen LogP contribution in [0.3, 0.4) is 0 Å². The number of fused-ring (bicyclic) bond motifs is 3. The van der Waals surface area contributed by atoms with Crippen LogP contribution < -0.4 is 21.1 Å². The summed E-state index contributed by atoms with van der Waals surface area (Å²) >= 11 is 0. The average Bonchev–Trinajstić information content (AvgIpc) is 3.77. The maximum atomic E-state index is 13.1. The van der Waals surface area contributed by atoms with Crippen LogP contribution in [0.25, 0.3) is 33.2 Å². The van der Waals surface area contributed by atoms with Crippen molar-refractivity contribution in [2.75, 3.05) is 49.3 Å². The van der Waals surface area contributed by atoms with Crippen LogP contribution >= 0.6 is 0 Å². The van der Waals surface area contributed by atoms with Gasteiger partial charge in [0.15, 0.2) is 11.4 Å². The molecular weight excluding hydrogens is 669 g/mol. The number of para-hydroxylation sites is 1. The second kappa shape index (κ2) is 14.3. The van der Waals surface area contributed by atoms with Gasteiger partial charge in [0.1, 0.15) is 28.5 Å². The Morgan fingerprint density at radius 3 is 2.47 bits per heavy atom. The molecule has 3 saturated heterocycles. The van der Waals surface area contributed by atoms with Crippen LogP contribution in [0.15, 0.2) is 70.0 Å². The number of aromatic nitrogens is 3. The van der Waals surface area contributed by atoms with Crippen molar-refractivity contribution in [2.45, 2.75) is 37.6 Å². The zero-order valence-electron chi connectivity index (χ0n) is 27.6. The summed E-state index contributed by atoms with van der Waals surface area (Å²) in [7, 11) is 0. The number of nitrogens with two attached hydrogens (primary N) is 1. The Bertz CT molecular complexity index is 2150. The number of terminal acetylenes is 1. The highest BCUT2D eigenvalue weighted by Crippen LogP contribution is 2.38. The predicted molar refractivity (Wildman–Crippen MR) is 184 cm³/mol. The van der Waals surface area contributed by atoms with E-state index in [4.69, 9.17) is 24.7 Å². The van der Waals surface area contributed by atoms with E-state index in [0.717, 1.165) is 24.0 Å². The number of morpholine rings is 1. The lowest BCUT2D eigenvalue weighted by Gasteiger charge is -2.53. The molecule has 3 aliphatic rings. The smallest absolute Gasteiger partial charge is 0.451 e. The lowest BCUT2D eigenvalue weighted by molar-refractivity contribution is -0.228. The normalized spacial score (nSPS) is 18.0. The van der Waals surface area contributed by atoms with Gasteiger partial charge in [-0.1, -0.05) is 30.7 Å². The molecule has 3 aromatic heterocycles. The summed E-state index contributed by atoms with van der Waals surface area (Å²) in [5.74, 6) is -1.36. The van der Waals surface area contributed by atoms with Crippen molar-refractivity contribution in [3.05, 3.63) is 82.5 Å². The molecule has 3 aliphatic heterocycles. The predicted octanol–water partition coefficient (Wildman–Crippen LogP) is 5.08. The van der Waals surface area contributed by atoms with Crippen LogP contribution in [0, 0.1) is 12.5 Å². The first kappa shape index (κ1) is 35.2. The zero-order chi connectivity index (χ0) is 36.3. The van der Waals surface area contributed by atoms with Gasteiger partial charge >= 0.3 is 6.18 Å². The number of nitrogens with zero attached hydrogens (tertiary/aromatic N) is 4. The number of aliphatic hydroxyl groups is 1. The molecular formula is C36H35F3N6O6. The highest BCUT2D eigenvalue weighted by atomic mass is 19.4. The molecule has 1 unspecified atom stereocenters. The number of rotatable bonds is 4. The van der Waals surface area contributed by atoms with Crippen molar-refractivity contribution >= 4 is 39.5 Å². The second-order valence-corrected chi connectivity index (χ2v) is 12.3. The van der Waals surface area contributed by atoms with E-state index in [1.807, 2.05) is 17.0 Å². The maximum absolute atomic E-state index is 13.1. The fourth-order valence-corrected chi connectivity index (χ4v) is 6.45. The molecule has 266 valence electrons. The Morgan fingerprint density at radius 1 is 1.08 bits per heavy atom. The third kappa shape index (κ3) is 7.05. The number of H-pyrrole nitrogens is 1. The van der Waals surface area contributed by atoms with Gasteiger partial charge in [0, 0.05) is 42.3 Å². The molecule has 1 spiro atoms. The molecule has 6 heterocycles. The molecule has 4 N–H and O–H groups in total. The number of pyridine rings is 1. The number of benzene rings is 2. The highest BCUT2D eigenvalue weighted by Gasteiger charge is 2.50. The van der Waals surface area contributed by atoms with E-state index in [0.29, 0.717) is 67.3 Å². The number of nitrogens with one attached hydrogen (secondary N) is 1. The minimum atomic E-state index is -4.58. The van der Waals surface area contributed by atoms with Crippen molar-refractivity contribution < 1.29 is 37.0 Å². The van der Waals surface area contributed by atoms with Gasteiger partial charge in [-0.25, -0.2) is 9.97 Å². The minimum Gasteiger partial charge on any atom is -0.462 e. The number of carbonyl (C=O) groups is 1. The molecule has 3 fully saturated rings. The minimum absolute atomic E-state index is 0.0262. The number of anilines is 2. The summed E-state index contributed by atoms with van der Waals surface area (Å²) in [5, 5.41) is 7.67. The van der Waals surface area contributed by atoms with Crippen molar-refractivity contribution in [2.24, 2.45) is 5.73 Å². The number of halogens is 3. The van der Waals surface area contributed by atoms with E-state index in [1.54, 1.807) is 48.7 Å². The molecule has 12 nitrogen and oxygen atoms in total. The summed E-state index contributed by atoms with van der Waals surface area (Å²) in [5.41, 5.74) is 8.62. The lowest BCUT2D eigenvalue weighted by Crippen LogP contribution is -2.68. The molecule has 51 heavy (non-hydrogen) atoms. The maximum Gasteiger partial charge on any atom is 0.451 e. The Morgan fingerprint density at radius 2 is 1.80 bits per heavy atom. The third-order valence-electron chi connectivity index (χ3n) is 9.18. The van der Waals surface area contributed by atoms with E-state index in [1.165, 1.54) is 6.11 Å². The van der Waals surface area contributed by atoms with Gasteiger partial charge in [0.2, 0.25) is 11.7 Å². The number of alkyl halides is 3. The fraction of sp³-hybridized carbons (Fsp3) is 0.333. The Hall–Kier alpha value is -5.59. The van der Waals surface area contributed by atoms with E-state index in [-0.39, 0.29) is 28.5 Å². The van der Waals surface area contributed by atoms with Crippen molar-refractivity contribution in [3.8, 4) is 23.7 Å². The Balaban J connectivity index is 0.000000165. The number of aliphatic hydroxyl groups excluding tert-OH is 1. The largest absolute Gasteiger partial charge is 0.462 e. The van der Waals surface area contributed by atoms with Gasteiger partial charge in [0.05, 0.1) is 25.9 Å². The first-order valence-electron chi connectivity index (χ1n) is 16.2. The molecule has 0 radical (unpaired) electrons. The monoisotopic (exact) mass is 704 g/mol. The van der Waals surface area contributed by atoms with Crippen LogP contribution in [0.4, 0.5) is 24.7 Å². The van der Waals surface area contributed by atoms with Crippen molar-refractivity contribution in [3.63, 3.8) is 0 Å². The van der Waals surface area contributed by atoms with E-state index in [2.05, 4.69) is 33.2 Å². The summed E-state index contributed by atoms with van der Waals surface area (Å²) in [4.78, 5) is 38.1. The van der Waals surface area contributed by atoms with E-state index < -0.39 is 17.9 Å². The summed E-state index contributed by atoms with van der Waals surface area (Å²) in [6.45, 7) is 5.69. The zero-order valence-corrected chi connectivity index (χ0v) is 27.6. The van der Waals surface area contributed by atoms with Crippen LogP contribution in [0.1, 0.15) is 35.9 Å². The van der Waals surface area contributed by atoms with Crippen LogP contribution in [-0.4, -0.2) is 77.1 Å². The van der Waals surface area contributed by atoms with Gasteiger partial charge in [-0.3, -0.25) is 9.59 Å². The molecule has 0 saturated carbocycles. The molecule has 5 aromatic rings. The Kier molecular flexibility index (Phi) is 9.91. The topological polar surface area (TPSA) is 160 Å². The number of hydrogen-bond donors (Lipinski definition) is 3. The molecule has 1 amide bonds. The molecule has 15 heteroatoms. The summed E-state index contributed by atoms with van der Waals surface area (Å²) in [6, 6.07) is 15.9. The standard InChI is InChI=1S/C19H21N3O4.C15H12F3N3O.C2H2O/c1-12-19(10-25-11-19)26-6-5-22(12)16-8-15(9-21-18(16)24)13-3-2-4-14(7-13)17(20)23;16-15(17,18)14-19-11-9-5-1-2-6-10(9)22-12(11)13(20-14)21-7-3-4-8-21;1-2-3/h2-4,7-9,12H,5-6,10-11H2,1H3,(H2,20,23)(H,21,24);1-2,5-6H,3-4,7-8H2;1,3H. The number of aromatic amines is 1. The average molecular weight is 705 g/mol. The molecule has 8 rings (SSSR count). The van der Waals surface area contributed by atoms with Crippen LogP contribution in [-0.2, 0) is 15.7 Å². The van der Waals surface area contributed by atoms with E-state index >= 15 is 0 Å². The summed E-state index contributed by atoms with van der Waals surface area (Å²) < 4.78 is 56.4. The van der Waals surface area contributed by atoms with Gasteiger partial charge in [-0.15, -0.1) is 0 Å². The first-order valence-corrected chi connectivity index (χ1v) is 16.2. The number of hydrogen-bond acceptors (Lipinski definition) is 10. The van der Waals surface area contributed by atoms with Crippen molar-refractivity contribution in [1.82, 2.24) is 15.0 Å².